The maximum atomic E-state index is 4.65. The number of aromatic nitrogens is 1. The third-order valence-corrected chi connectivity index (χ3v) is 4.53. The Morgan fingerprint density at radius 2 is 1.71 bits per heavy atom. The van der Waals surface area contributed by atoms with Crippen molar-refractivity contribution < 1.29 is 0 Å². The van der Waals surface area contributed by atoms with Crippen LogP contribution in [-0.4, -0.2) is 18.1 Å². The molecule has 0 radical (unpaired) electrons. The number of piperidine rings is 1. The highest BCUT2D eigenvalue weighted by Gasteiger charge is 2.21. The maximum Gasteiger partial charge on any atom is 0.128 e. The Kier molecular flexibility index (Phi) is 4.23. The third-order valence-electron chi connectivity index (χ3n) is 4.53. The summed E-state index contributed by atoms with van der Waals surface area (Å²) in [6, 6.07) is 15.3. The Hall–Kier alpha value is -1.83. The Bertz CT molecular complexity index is 552. The molecule has 2 nitrogen and oxygen atoms in total. The van der Waals surface area contributed by atoms with Gasteiger partial charge in [-0.25, -0.2) is 4.98 Å². The number of benzene rings is 1. The lowest BCUT2D eigenvalue weighted by atomic mass is 9.89. The molecule has 1 aromatic heterocycles. The predicted molar refractivity (Wildman–Crippen MR) is 89.0 cm³/mol. The largest absolute Gasteiger partial charge is 0.357 e. The molecule has 21 heavy (non-hydrogen) atoms. The molecule has 0 N–H and O–H groups in total. The molecule has 0 amide bonds. The van der Waals surface area contributed by atoms with Crippen molar-refractivity contribution >= 4 is 5.82 Å². The average molecular weight is 280 g/mol. The quantitative estimate of drug-likeness (QED) is 0.817. The molecule has 0 unspecified atom stereocenters. The van der Waals surface area contributed by atoms with E-state index in [-0.39, 0.29) is 0 Å². The number of hydrogen-bond acceptors (Lipinski definition) is 2. The van der Waals surface area contributed by atoms with Crippen LogP contribution in [0.25, 0.3) is 0 Å². The molecule has 1 aromatic carbocycles. The highest BCUT2D eigenvalue weighted by molar-refractivity contribution is 5.40. The summed E-state index contributed by atoms with van der Waals surface area (Å²) in [5.74, 6) is 2.39. The Labute approximate surface area is 127 Å². The number of hydrogen-bond donors (Lipinski definition) is 0. The summed E-state index contributed by atoms with van der Waals surface area (Å²) >= 11 is 0. The van der Waals surface area contributed by atoms with Crippen LogP contribution in [0.5, 0.6) is 0 Å². The van der Waals surface area contributed by atoms with E-state index in [1.165, 1.54) is 24.0 Å². The van der Waals surface area contributed by atoms with Gasteiger partial charge in [-0.05, 0) is 41.9 Å². The van der Waals surface area contributed by atoms with E-state index >= 15 is 0 Å². The van der Waals surface area contributed by atoms with Gasteiger partial charge in [-0.1, -0.05) is 50.2 Å². The molecule has 1 aliphatic heterocycles. The minimum Gasteiger partial charge on any atom is -0.357 e. The van der Waals surface area contributed by atoms with Crippen LogP contribution in [0.4, 0.5) is 5.82 Å². The lowest BCUT2D eigenvalue weighted by molar-refractivity contribution is 0.502. The van der Waals surface area contributed by atoms with Crippen molar-refractivity contribution in [3.63, 3.8) is 0 Å². The van der Waals surface area contributed by atoms with Crippen molar-refractivity contribution in [3.05, 3.63) is 59.8 Å². The summed E-state index contributed by atoms with van der Waals surface area (Å²) in [5, 5.41) is 0. The Balaban J connectivity index is 1.63. The van der Waals surface area contributed by atoms with Crippen molar-refractivity contribution in [2.45, 2.75) is 38.5 Å². The SMILES string of the molecule is CC(C)c1ccc(N2CCC(c3ccccc3)CC2)nc1. The summed E-state index contributed by atoms with van der Waals surface area (Å²) in [6.45, 7) is 6.63. The van der Waals surface area contributed by atoms with Crippen LogP contribution in [0.3, 0.4) is 0 Å². The Morgan fingerprint density at radius 3 is 2.29 bits per heavy atom. The van der Waals surface area contributed by atoms with Crippen LogP contribution in [0.1, 0.15) is 49.7 Å². The van der Waals surface area contributed by atoms with Gasteiger partial charge < -0.3 is 4.90 Å². The summed E-state index contributed by atoms with van der Waals surface area (Å²) in [5.41, 5.74) is 2.80. The highest BCUT2D eigenvalue weighted by Crippen LogP contribution is 2.29. The number of rotatable bonds is 3. The van der Waals surface area contributed by atoms with E-state index in [4.69, 9.17) is 0 Å². The van der Waals surface area contributed by atoms with Crippen molar-refractivity contribution in [2.24, 2.45) is 0 Å². The van der Waals surface area contributed by atoms with Gasteiger partial charge in [-0.2, -0.15) is 0 Å². The van der Waals surface area contributed by atoms with Gasteiger partial charge in [-0.3, -0.25) is 0 Å². The molecular weight excluding hydrogens is 256 g/mol. The number of pyridine rings is 1. The highest BCUT2D eigenvalue weighted by atomic mass is 15.2. The van der Waals surface area contributed by atoms with E-state index in [1.807, 2.05) is 6.20 Å². The van der Waals surface area contributed by atoms with E-state index in [2.05, 4.69) is 66.2 Å². The minimum atomic E-state index is 0.551. The molecule has 0 spiro atoms. The van der Waals surface area contributed by atoms with Crippen molar-refractivity contribution in [3.8, 4) is 0 Å². The third kappa shape index (κ3) is 3.26. The maximum absolute atomic E-state index is 4.65. The number of anilines is 1. The molecule has 1 aliphatic rings. The first-order valence-corrected chi connectivity index (χ1v) is 8.00. The minimum absolute atomic E-state index is 0.551. The predicted octanol–water partition coefficient (Wildman–Crippen LogP) is 4.59. The topological polar surface area (TPSA) is 16.1 Å². The summed E-state index contributed by atoms with van der Waals surface area (Å²) in [4.78, 5) is 7.07. The second-order valence-corrected chi connectivity index (χ2v) is 6.28. The second-order valence-electron chi connectivity index (χ2n) is 6.28. The lowest BCUT2D eigenvalue weighted by Gasteiger charge is -2.33. The van der Waals surface area contributed by atoms with Gasteiger partial charge in [0.15, 0.2) is 0 Å². The van der Waals surface area contributed by atoms with E-state index in [0.29, 0.717) is 11.8 Å². The van der Waals surface area contributed by atoms with Crippen LogP contribution in [-0.2, 0) is 0 Å². The van der Waals surface area contributed by atoms with E-state index in [9.17, 15) is 0 Å². The first-order chi connectivity index (χ1) is 10.2. The molecule has 0 bridgehead atoms. The fourth-order valence-electron chi connectivity index (χ4n) is 3.09. The normalized spacial score (nSPS) is 16.4. The van der Waals surface area contributed by atoms with Gasteiger partial charge in [0.1, 0.15) is 5.82 Å². The molecule has 2 heterocycles. The standard InChI is InChI=1S/C19H24N2/c1-15(2)18-8-9-19(20-14-18)21-12-10-17(11-13-21)16-6-4-3-5-7-16/h3-9,14-15,17H,10-13H2,1-2H3. The average Bonchev–Trinajstić information content (AvgIpc) is 2.56. The summed E-state index contributed by atoms with van der Waals surface area (Å²) in [7, 11) is 0. The molecule has 2 aromatic rings. The molecule has 1 fully saturated rings. The van der Waals surface area contributed by atoms with E-state index < -0.39 is 0 Å². The van der Waals surface area contributed by atoms with Crippen molar-refractivity contribution in [1.29, 1.82) is 0 Å². The molecule has 2 heteroatoms. The molecule has 0 aliphatic carbocycles. The molecule has 3 rings (SSSR count). The molecule has 0 saturated carbocycles. The van der Waals surface area contributed by atoms with Crippen molar-refractivity contribution in [1.82, 2.24) is 4.98 Å². The zero-order valence-corrected chi connectivity index (χ0v) is 13.0. The lowest BCUT2D eigenvalue weighted by Crippen LogP contribution is -2.33. The van der Waals surface area contributed by atoms with Gasteiger partial charge in [0.05, 0.1) is 0 Å². The summed E-state index contributed by atoms with van der Waals surface area (Å²) < 4.78 is 0. The monoisotopic (exact) mass is 280 g/mol. The van der Waals surface area contributed by atoms with Crippen LogP contribution in [0.2, 0.25) is 0 Å². The van der Waals surface area contributed by atoms with Crippen LogP contribution < -0.4 is 4.90 Å². The first-order valence-electron chi connectivity index (χ1n) is 8.00. The van der Waals surface area contributed by atoms with Crippen LogP contribution in [0, 0.1) is 0 Å². The smallest absolute Gasteiger partial charge is 0.128 e. The van der Waals surface area contributed by atoms with E-state index in [0.717, 1.165) is 18.9 Å². The fraction of sp³-hybridized carbons (Fsp3) is 0.421. The zero-order chi connectivity index (χ0) is 14.7. The zero-order valence-electron chi connectivity index (χ0n) is 13.0. The van der Waals surface area contributed by atoms with Gasteiger partial charge in [0.25, 0.3) is 0 Å². The molecule has 1 saturated heterocycles. The van der Waals surface area contributed by atoms with Gasteiger partial charge >= 0.3 is 0 Å². The van der Waals surface area contributed by atoms with Crippen LogP contribution in [0.15, 0.2) is 48.7 Å². The van der Waals surface area contributed by atoms with Gasteiger partial charge in [-0.15, -0.1) is 0 Å². The molecule has 110 valence electrons. The first kappa shape index (κ1) is 14.1. The molecular formula is C19H24N2. The molecule has 0 atom stereocenters. The Morgan fingerprint density at radius 1 is 1.00 bits per heavy atom. The number of nitrogens with zero attached hydrogens (tertiary/aromatic N) is 2. The van der Waals surface area contributed by atoms with Crippen LogP contribution >= 0.6 is 0 Å². The van der Waals surface area contributed by atoms with Crippen molar-refractivity contribution in [2.75, 3.05) is 18.0 Å². The van der Waals surface area contributed by atoms with Gasteiger partial charge in [0, 0.05) is 19.3 Å². The summed E-state index contributed by atoms with van der Waals surface area (Å²) in [6.07, 6.45) is 4.47. The van der Waals surface area contributed by atoms with Gasteiger partial charge in [0.2, 0.25) is 0 Å². The second kappa shape index (κ2) is 6.30. The van der Waals surface area contributed by atoms with E-state index in [1.54, 1.807) is 0 Å². The fourth-order valence-corrected chi connectivity index (χ4v) is 3.09.